The molecule has 6 heteroatoms. The first-order chi connectivity index (χ1) is 13.6. The molecular weight excluding hydrogens is 370 g/mol. The third-order valence-corrected chi connectivity index (χ3v) is 6.08. The number of hydrogen-bond donors (Lipinski definition) is 2. The molecule has 1 aliphatic rings. The van der Waals surface area contributed by atoms with E-state index in [1.807, 2.05) is 43.5 Å². The summed E-state index contributed by atoms with van der Waals surface area (Å²) >= 11 is 1.38. The molecule has 2 atom stereocenters. The maximum Gasteiger partial charge on any atom is 0.262 e. The van der Waals surface area contributed by atoms with Crippen LogP contribution in [-0.2, 0) is 4.79 Å². The van der Waals surface area contributed by atoms with Crippen LogP contribution in [0.25, 0.3) is 0 Å². The Morgan fingerprint density at radius 3 is 2.39 bits per heavy atom. The zero-order chi connectivity index (χ0) is 19.9. The van der Waals surface area contributed by atoms with Gasteiger partial charge in [-0.05, 0) is 48.9 Å². The van der Waals surface area contributed by atoms with Crippen LogP contribution in [0.15, 0.2) is 47.8 Å². The van der Waals surface area contributed by atoms with Crippen molar-refractivity contribution < 1.29 is 9.59 Å². The van der Waals surface area contributed by atoms with E-state index in [2.05, 4.69) is 27.7 Å². The van der Waals surface area contributed by atoms with Crippen molar-refractivity contribution in [3.8, 4) is 0 Å². The van der Waals surface area contributed by atoms with E-state index in [1.54, 1.807) is 6.07 Å². The van der Waals surface area contributed by atoms with E-state index >= 15 is 0 Å². The Labute approximate surface area is 171 Å². The molecule has 2 N–H and O–H groups in total. The van der Waals surface area contributed by atoms with Crippen molar-refractivity contribution in [1.29, 1.82) is 0 Å². The third kappa shape index (κ3) is 5.20. The van der Waals surface area contributed by atoms with Gasteiger partial charge in [0.05, 0.1) is 10.9 Å². The second-order valence-corrected chi connectivity index (χ2v) is 8.53. The molecule has 0 radical (unpaired) electrons. The second-order valence-electron chi connectivity index (χ2n) is 7.59. The molecule has 3 rings (SSSR count). The number of benzene rings is 1. The van der Waals surface area contributed by atoms with Crippen LogP contribution in [0.2, 0.25) is 0 Å². The Hall–Kier alpha value is -2.18. The molecular formula is C22H29N3O2S. The highest BCUT2D eigenvalue weighted by Crippen LogP contribution is 2.24. The summed E-state index contributed by atoms with van der Waals surface area (Å²) in [6.07, 6.45) is 2.39. The minimum atomic E-state index is -0.551. The summed E-state index contributed by atoms with van der Waals surface area (Å²) in [5.74, 6) is -0.311. The monoisotopic (exact) mass is 399 g/mol. The molecule has 1 aliphatic heterocycles. The van der Waals surface area contributed by atoms with Gasteiger partial charge in [0.15, 0.2) is 0 Å². The lowest BCUT2D eigenvalue weighted by Gasteiger charge is -2.29. The van der Waals surface area contributed by atoms with Crippen molar-refractivity contribution in [3.63, 3.8) is 0 Å². The number of rotatable bonds is 8. The first kappa shape index (κ1) is 20.6. The first-order valence-electron chi connectivity index (χ1n) is 9.97. The molecule has 0 saturated carbocycles. The fraction of sp³-hybridized carbons (Fsp3) is 0.455. The minimum absolute atomic E-state index is 0.00544. The van der Waals surface area contributed by atoms with Gasteiger partial charge in [0.25, 0.3) is 5.91 Å². The fourth-order valence-corrected chi connectivity index (χ4v) is 4.28. The van der Waals surface area contributed by atoms with Gasteiger partial charge < -0.3 is 10.6 Å². The lowest BCUT2D eigenvalue weighted by atomic mass is 10.0. The maximum absolute atomic E-state index is 12.9. The predicted molar refractivity (Wildman–Crippen MR) is 113 cm³/mol. The van der Waals surface area contributed by atoms with Gasteiger partial charge in [-0.25, -0.2) is 0 Å². The number of carbonyl (C=O) groups excluding carboxylic acids is 2. The largest absolute Gasteiger partial charge is 0.352 e. The zero-order valence-corrected chi connectivity index (χ0v) is 17.4. The summed E-state index contributed by atoms with van der Waals surface area (Å²) in [6, 6.07) is 13.5. The summed E-state index contributed by atoms with van der Waals surface area (Å²) in [7, 11) is 0. The average Bonchev–Trinajstić information content (AvgIpc) is 3.40. The Kier molecular flexibility index (Phi) is 7.23. The van der Waals surface area contributed by atoms with E-state index in [0.717, 1.165) is 13.1 Å². The average molecular weight is 400 g/mol. The zero-order valence-electron chi connectivity index (χ0n) is 16.6. The van der Waals surface area contributed by atoms with Gasteiger partial charge in [0, 0.05) is 6.54 Å². The van der Waals surface area contributed by atoms with E-state index < -0.39 is 6.04 Å². The van der Waals surface area contributed by atoms with Crippen LogP contribution in [0.3, 0.4) is 0 Å². The molecule has 1 aromatic carbocycles. The number of carbonyl (C=O) groups is 2. The van der Waals surface area contributed by atoms with Crippen molar-refractivity contribution in [2.24, 2.45) is 5.92 Å². The second kappa shape index (κ2) is 9.85. The van der Waals surface area contributed by atoms with Gasteiger partial charge >= 0.3 is 0 Å². The highest BCUT2D eigenvalue weighted by Gasteiger charge is 2.28. The molecule has 1 aromatic heterocycles. The number of nitrogens with zero attached hydrogens (tertiary/aromatic N) is 1. The van der Waals surface area contributed by atoms with Crippen LogP contribution in [0, 0.1) is 5.92 Å². The molecule has 0 spiro atoms. The SMILES string of the molecule is CC(C)C(NC(=O)c1cccs1)C(=O)NCC(c1ccccc1)N1CCCC1. The Bertz CT molecular complexity index is 755. The molecule has 5 nitrogen and oxygen atoms in total. The molecule has 2 aromatic rings. The summed E-state index contributed by atoms with van der Waals surface area (Å²) in [6.45, 7) is 6.56. The van der Waals surface area contributed by atoms with Crippen molar-refractivity contribution in [3.05, 3.63) is 58.3 Å². The minimum Gasteiger partial charge on any atom is -0.352 e. The predicted octanol–water partition coefficient (Wildman–Crippen LogP) is 3.46. The summed E-state index contributed by atoms with van der Waals surface area (Å²) in [5.41, 5.74) is 1.22. The lowest BCUT2D eigenvalue weighted by Crippen LogP contribution is -2.51. The van der Waals surface area contributed by atoms with E-state index in [9.17, 15) is 9.59 Å². The molecule has 2 heterocycles. The van der Waals surface area contributed by atoms with Crippen LogP contribution in [0.5, 0.6) is 0 Å². The van der Waals surface area contributed by atoms with Gasteiger partial charge in [-0.3, -0.25) is 14.5 Å². The Morgan fingerprint density at radius 2 is 1.79 bits per heavy atom. The summed E-state index contributed by atoms with van der Waals surface area (Å²) in [5, 5.41) is 7.86. The van der Waals surface area contributed by atoms with Gasteiger partial charge in [-0.15, -0.1) is 11.3 Å². The van der Waals surface area contributed by atoms with Crippen LogP contribution in [0.4, 0.5) is 0 Å². The van der Waals surface area contributed by atoms with Crippen molar-refractivity contribution in [2.45, 2.75) is 38.8 Å². The number of thiophene rings is 1. The van der Waals surface area contributed by atoms with E-state index in [0.29, 0.717) is 11.4 Å². The topological polar surface area (TPSA) is 61.4 Å². The molecule has 2 unspecified atom stereocenters. The van der Waals surface area contributed by atoms with Crippen molar-refractivity contribution >= 4 is 23.2 Å². The van der Waals surface area contributed by atoms with Crippen LogP contribution in [-0.4, -0.2) is 42.4 Å². The van der Waals surface area contributed by atoms with Crippen molar-refractivity contribution in [2.75, 3.05) is 19.6 Å². The lowest BCUT2D eigenvalue weighted by molar-refractivity contribution is -0.124. The number of amides is 2. The molecule has 1 saturated heterocycles. The van der Waals surface area contributed by atoms with Gasteiger partial charge in [-0.1, -0.05) is 50.2 Å². The standard InChI is InChI=1S/C22H29N3O2S/c1-16(2)20(24-21(26)19-11-8-14-28-19)22(27)23-15-18(25-12-6-7-13-25)17-9-4-3-5-10-17/h3-5,8-11,14,16,18,20H,6-7,12-13,15H2,1-2H3,(H,23,27)(H,24,26). The first-order valence-corrected chi connectivity index (χ1v) is 10.9. The quantitative estimate of drug-likeness (QED) is 0.715. The summed E-state index contributed by atoms with van der Waals surface area (Å²) < 4.78 is 0. The normalized spacial score (nSPS) is 16.7. The highest BCUT2D eigenvalue weighted by atomic mass is 32.1. The Morgan fingerprint density at radius 1 is 1.07 bits per heavy atom. The molecule has 2 amide bonds. The molecule has 28 heavy (non-hydrogen) atoms. The Balaban J connectivity index is 1.65. The van der Waals surface area contributed by atoms with Crippen LogP contribution >= 0.6 is 11.3 Å². The summed E-state index contributed by atoms with van der Waals surface area (Å²) in [4.78, 5) is 28.4. The van der Waals surface area contributed by atoms with Gasteiger partial charge in [-0.2, -0.15) is 0 Å². The molecule has 1 fully saturated rings. The van der Waals surface area contributed by atoms with E-state index in [1.165, 1.54) is 29.7 Å². The maximum atomic E-state index is 12.9. The van der Waals surface area contributed by atoms with Crippen LogP contribution in [0.1, 0.15) is 48.0 Å². The van der Waals surface area contributed by atoms with E-state index in [-0.39, 0.29) is 23.8 Å². The fourth-order valence-electron chi connectivity index (χ4n) is 3.65. The van der Waals surface area contributed by atoms with E-state index in [4.69, 9.17) is 0 Å². The molecule has 0 aliphatic carbocycles. The highest BCUT2D eigenvalue weighted by molar-refractivity contribution is 7.12. The molecule has 0 bridgehead atoms. The smallest absolute Gasteiger partial charge is 0.262 e. The van der Waals surface area contributed by atoms with Gasteiger partial charge in [0.1, 0.15) is 6.04 Å². The molecule has 150 valence electrons. The number of likely N-dealkylation sites (tertiary alicyclic amines) is 1. The number of hydrogen-bond acceptors (Lipinski definition) is 4. The van der Waals surface area contributed by atoms with Crippen LogP contribution < -0.4 is 10.6 Å². The third-order valence-electron chi connectivity index (χ3n) is 5.22. The van der Waals surface area contributed by atoms with Gasteiger partial charge in [0.2, 0.25) is 5.91 Å². The number of nitrogens with one attached hydrogen (secondary N) is 2. The van der Waals surface area contributed by atoms with Crippen molar-refractivity contribution in [1.82, 2.24) is 15.5 Å².